The fraction of sp³-hybridized carbons (Fsp3) is 0.200. The molecule has 0 fully saturated rings. The SMILES string of the molecule is C[C@@H](Cc1ccccc1Cl)Nc1ccc(C#N)cn1. The van der Waals surface area contributed by atoms with Gasteiger partial charge in [-0.1, -0.05) is 29.8 Å². The van der Waals surface area contributed by atoms with Crippen molar-refractivity contribution in [3.63, 3.8) is 0 Å². The van der Waals surface area contributed by atoms with E-state index in [9.17, 15) is 0 Å². The summed E-state index contributed by atoms with van der Waals surface area (Å²) in [6, 6.07) is 13.6. The molecule has 2 aromatic rings. The Morgan fingerprint density at radius 2 is 2.11 bits per heavy atom. The molecule has 1 aromatic carbocycles. The molecular weight excluding hydrogens is 258 g/mol. The summed E-state index contributed by atoms with van der Waals surface area (Å²) in [5.74, 6) is 0.763. The number of benzene rings is 1. The third-order valence-corrected chi connectivity index (χ3v) is 3.14. The molecule has 0 amide bonds. The second-order valence-electron chi connectivity index (χ2n) is 4.38. The Bertz CT molecular complexity index is 587. The van der Waals surface area contributed by atoms with Crippen molar-refractivity contribution in [1.82, 2.24) is 4.98 Å². The third-order valence-electron chi connectivity index (χ3n) is 2.77. The van der Waals surface area contributed by atoms with Crippen LogP contribution in [0.25, 0.3) is 0 Å². The monoisotopic (exact) mass is 271 g/mol. The normalized spacial score (nSPS) is 11.6. The number of anilines is 1. The summed E-state index contributed by atoms with van der Waals surface area (Å²) in [5.41, 5.74) is 1.67. The highest BCUT2D eigenvalue weighted by Gasteiger charge is 2.07. The van der Waals surface area contributed by atoms with Gasteiger partial charge in [-0.25, -0.2) is 4.98 Å². The molecule has 0 saturated heterocycles. The van der Waals surface area contributed by atoms with Crippen LogP contribution >= 0.6 is 11.6 Å². The summed E-state index contributed by atoms with van der Waals surface area (Å²) in [6.45, 7) is 2.07. The van der Waals surface area contributed by atoms with E-state index in [0.29, 0.717) is 5.56 Å². The van der Waals surface area contributed by atoms with Gasteiger partial charge < -0.3 is 5.32 Å². The summed E-state index contributed by atoms with van der Waals surface area (Å²) in [7, 11) is 0. The number of nitrogens with one attached hydrogen (secondary N) is 1. The first-order chi connectivity index (χ1) is 9.19. The number of nitrogens with zero attached hydrogens (tertiary/aromatic N) is 2. The smallest absolute Gasteiger partial charge is 0.126 e. The quantitative estimate of drug-likeness (QED) is 0.923. The zero-order chi connectivity index (χ0) is 13.7. The Hall–Kier alpha value is -2.05. The van der Waals surface area contributed by atoms with Crippen LogP contribution in [-0.4, -0.2) is 11.0 Å². The van der Waals surface area contributed by atoms with Crippen LogP contribution in [-0.2, 0) is 6.42 Å². The molecule has 0 aliphatic rings. The van der Waals surface area contributed by atoms with Crippen molar-refractivity contribution in [3.05, 3.63) is 58.7 Å². The molecule has 1 N–H and O–H groups in total. The summed E-state index contributed by atoms with van der Waals surface area (Å²) >= 11 is 6.13. The van der Waals surface area contributed by atoms with Crippen molar-refractivity contribution >= 4 is 17.4 Å². The molecule has 0 aliphatic heterocycles. The van der Waals surface area contributed by atoms with Crippen molar-refractivity contribution in [3.8, 4) is 6.07 Å². The number of rotatable bonds is 4. The Morgan fingerprint density at radius 3 is 2.74 bits per heavy atom. The summed E-state index contributed by atoms with van der Waals surface area (Å²) < 4.78 is 0. The van der Waals surface area contributed by atoms with Gasteiger partial charge in [-0.2, -0.15) is 5.26 Å². The van der Waals surface area contributed by atoms with Crippen molar-refractivity contribution < 1.29 is 0 Å². The van der Waals surface area contributed by atoms with E-state index in [1.807, 2.05) is 36.4 Å². The van der Waals surface area contributed by atoms with E-state index in [-0.39, 0.29) is 6.04 Å². The second kappa shape index (κ2) is 6.21. The second-order valence-corrected chi connectivity index (χ2v) is 4.79. The van der Waals surface area contributed by atoms with Crippen LogP contribution in [0.1, 0.15) is 18.1 Å². The largest absolute Gasteiger partial charge is 0.367 e. The van der Waals surface area contributed by atoms with Crippen molar-refractivity contribution in [2.75, 3.05) is 5.32 Å². The fourth-order valence-electron chi connectivity index (χ4n) is 1.84. The molecule has 1 heterocycles. The molecule has 0 aliphatic carbocycles. The number of aromatic nitrogens is 1. The number of hydrogen-bond acceptors (Lipinski definition) is 3. The lowest BCUT2D eigenvalue weighted by Gasteiger charge is -2.15. The molecule has 0 saturated carbocycles. The molecule has 19 heavy (non-hydrogen) atoms. The van der Waals surface area contributed by atoms with E-state index in [1.54, 1.807) is 12.3 Å². The summed E-state index contributed by atoms with van der Waals surface area (Å²) in [5, 5.41) is 12.8. The van der Waals surface area contributed by atoms with Gasteiger partial charge in [0, 0.05) is 17.3 Å². The van der Waals surface area contributed by atoms with Crippen molar-refractivity contribution in [2.24, 2.45) is 0 Å². The summed E-state index contributed by atoms with van der Waals surface area (Å²) in [4.78, 5) is 4.19. The maximum atomic E-state index is 8.71. The van der Waals surface area contributed by atoms with E-state index in [0.717, 1.165) is 22.8 Å². The van der Waals surface area contributed by atoms with Crippen LogP contribution in [0.5, 0.6) is 0 Å². The molecule has 0 radical (unpaired) electrons. The van der Waals surface area contributed by atoms with Crippen LogP contribution < -0.4 is 5.32 Å². The third kappa shape index (κ3) is 3.70. The van der Waals surface area contributed by atoms with Crippen LogP contribution in [0.3, 0.4) is 0 Å². The predicted octanol–water partition coefficient (Wildman–Crippen LogP) is 3.65. The molecule has 1 atom stereocenters. The topological polar surface area (TPSA) is 48.7 Å². The maximum absolute atomic E-state index is 8.71. The summed E-state index contributed by atoms with van der Waals surface area (Å²) in [6.07, 6.45) is 2.38. The van der Waals surface area contributed by atoms with Gasteiger partial charge in [0.05, 0.1) is 5.56 Å². The Labute approximate surface area is 117 Å². The minimum absolute atomic E-state index is 0.209. The van der Waals surface area contributed by atoms with Gasteiger partial charge >= 0.3 is 0 Å². The van der Waals surface area contributed by atoms with E-state index >= 15 is 0 Å². The Morgan fingerprint density at radius 1 is 1.32 bits per heavy atom. The Balaban J connectivity index is 1.99. The number of hydrogen-bond donors (Lipinski definition) is 1. The standard InChI is InChI=1S/C15H14ClN3/c1-11(8-13-4-2-3-5-14(13)16)19-15-7-6-12(9-17)10-18-15/h2-7,10-11H,8H2,1H3,(H,18,19)/t11-/m0/s1. The lowest BCUT2D eigenvalue weighted by atomic mass is 10.1. The van der Waals surface area contributed by atoms with E-state index in [2.05, 4.69) is 17.2 Å². The molecular formula is C15H14ClN3. The molecule has 2 rings (SSSR count). The van der Waals surface area contributed by atoms with Crippen molar-refractivity contribution in [1.29, 1.82) is 5.26 Å². The highest BCUT2D eigenvalue weighted by Crippen LogP contribution is 2.17. The van der Waals surface area contributed by atoms with Gasteiger partial charge in [-0.05, 0) is 37.1 Å². The van der Waals surface area contributed by atoms with E-state index in [4.69, 9.17) is 16.9 Å². The zero-order valence-corrected chi connectivity index (χ0v) is 11.4. The molecule has 96 valence electrons. The lowest BCUT2D eigenvalue weighted by molar-refractivity contribution is 0.785. The van der Waals surface area contributed by atoms with E-state index < -0.39 is 0 Å². The van der Waals surface area contributed by atoms with Gasteiger partial charge in [0.1, 0.15) is 11.9 Å². The lowest BCUT2D eigenvalue weighted by Crippen LogP contribution is -2.19. The van der Waals surface area contributed by atoms with Crippen LogP contribution in [0.4, 0.5) is 5.82 Å². The molecule has 0 bridgehead atoms. The average molecular weight is 272 g/mol. The van der Waals surface area contributed by atoms with Gasteiger partial charge in [0.25, 0.3) is 0 Å². The van der Waals surface area contributed by atoms with Crippen molar-refractivity contribution in [2.45, 2.75) is 19.4 Å². The molecule has 4 heteroatoms. The van der Waals surface area contributed by atoms with Crippen LogP contribution in [0, 0.1) is 11.3 Å². The minimum Gasteiger partial charge on any atom is -0.367 e. The molecule has 3 nitrogen and oxygen atoms in total. The first-order valence-electron chi connectivity index (χ1n) is 6.05. The first-order valence-corrected chi connectivity index (χ1v) is 6.43. The van der Waals surface area contributed by atoms with Gasteiger partial charge in [0.2, 0.25) is 0 Å². The minimum atomic E-state index is 0.209. The maximum Gasteiger partial charge on any atom is 0.126 e. The highest BCUT2D eigenvalue weighted by atomic mass is 35.5. The van der Waals surface area contributed by atoms with Gasteiger partial charge in [-0.15, -0.1) is 0 Å². The number of pyridine rings is 1. The predicted molar refractivity (Wildman–Crippen MR) is 77.2 cm³/mol. The molecule has 1 aromatic heterocycles. The Kier molecular flexibility index (Phi) is 4.38. The number of halogens is 1. The fourth-order valence-corrected chi connectivity index (χ4v) is 2.06. The van der Waals surface area contributed by atoms with Crippen LogP contribution in [0.15, 0.2) is 42.6 Å². The van der Waals surface area contributed by atoms with Gasteiger partial charge in [-0.3, -0.25) is 0 Å². The van der Waals surface area contributed by atoms with E-state index in [1.165, 1.54) is 0 Å². The highest BCUT2D eigenvalue weighted by molar-refractivity contribution is 6.31. The zero-order valence-electron chi connectivity index (χ0n) is 10.6. The van der Waals surface area contributed by atoms with Crippen LogP contribution in [0.2, 0.25) is 5.02 Å². The average Bonchev–Trinajstić information content (AvgIpc) is 2.42. The number of nitriles is 1. The van der Waals surface area contributed by atoms with Gasteiger partial charge in [0.15, 0.2) is 0 Å². The molecule has 0 unspecified atom stereocenters. The first kappa shape index (κ1) is 13.4. The molecule has 0 spiro atoms.